The SMILES string of the molecule is Cc1ccc(S(=O)(=O)N(C)C2CCC(C)(C)CC2)c(Br)c1. The maximum Gasteiger partial charge on any atom is 0.244 e. The van der Waals surface area contributed by atoms with Crippen molar-refractivity contribution in [3.05, 3.63) is 28.2 Å². The van der Waals surface area contributed by atoms with Crippen LogP contribution in [-0.4, -0.2) is 25.8 Å². The molecule has 0 aromatic heterocycles. The van der Waals surface area contributed by atoms with Crippen molar-refractivity contribution in [2.45, 2.75) is 57.4 Å². The lowest BCUT2D eigenvalue weighted by molar-refractivity contribution is 0.174. The molecule has 0 unspecified atom stereocenters. The highest BCUT2D eigenvalue weighted by molar-refractivity contribution is 9.10. The molecule has 21 heavy (non-hydrogen) atoms. The number of hydrogen-bond donors (Lipinski definition) is 0. The summed E-state index contributed by atoms with van der Waals surface area (Å²) < 4.78 is 27.9. The summed E-state index contributed by atoms with van der Waals surface area (Å²) in [6.45, 7) is 6.47. The van der Waals surface area contributed by atoms with Crippen LogP contribution in [0.4, 0.5) is 0 Å². The maximum absolute atomic E-state index is 12.8. The molecule has 0 aliphatic heterocycles. The summed E-state index contributed by atoms with van der Waals surface area (Å²) in [6.07, 6.45) is 4.03. The van der Waals surface area contributed by atoms with E-state index in [1.165, 1.54) is 0 Å². The smallest absolute Gasteiger partial charge is 0.207 e. The van der Waals surface area contributed by atoms with Crippen molar-refractivity contribution in [1.29, 1.82) is 0 Å². The Kier molecular flexibility index (Phi) is 4.86. The third-order valence-electron chi connectivity index (χ3n) is 4.57. The van der Waals surface area contributed by atoms with Crippen molar-refractivity contribution >= 4 is 26.0 Å². The first-order chi connectivity index (χ1) is 9.63. The second-order valence-electron chi connectivity index (χ2n) is 6.85. The van der Waals surface area contributed by atoms with Gasteiger partial charge < -0.3 is 0 Å². The fourth-order valence-electron chi connectivity index (χ4n) is 2.91. The van der Waals surface area contributed by atoms with Gasteiger partial charge in [-0.3, -0.25) is 0 Å². The molecule has 3 nitrogen and oxygen atoms in total. The summed E-state index contributed by atoms with van der Waals surface area (Å²) in [7, 11) is -1.72. The van der Waals surface area contributed by atoms with E-state index in [1.807, 2.05) is 19.1 Å². The lowest BCUT2D eigenvalue weighted by atomic mass is 9.76. The largest absolute Gasteiger partial charge is 0.244 e. The minimum atomic E-state index is -3.44. The third kappa shape index (κ3) is 3.69. The van der Waals surface area contributed by atoms with Crippen LogP contribution in [0.25, 0.3) is 0 Å². The Hall–Kier alpha value is -0.390. The van der Waals surface area contributed by atoms with Crippen molar-refractivity contribution in [3.8, 4) is 0 Å². The number of rotatable bonds is 3. The maximum atomic E-state index is 12.8. The van der Waals surface area contributed by atoms with Crippen LogP contribution in [0.1, 0.15) is 45.1 Å². The predicted octanol–water partition coefficient (Wildman–Crippen LogP) is 4.35. The van der Waals surface area contributed by atoms with Gasteiger partial charge in [-0.1, -0.05) is 19.9 Å². The predicted molar refractivity (Wildman–Crippen MR) is 89.9 cm³/mol. The molecule has 1 aromatic carbocycles. The Morgan fingerprint density at radius 2 is 1.81 bits per heavy atom. The van der Waals surface area contributed by atoms with Gasteiger partial charge in [-0.2, -0.15) is 4.31 Å². The standard InChI is InChI=1S/C16H24BrNO2S/c1-12-5-6-15(14(17)11-12)21(19,20)18(4)13-7-9-16(2,3)10-8-13/h5-6,11,13H,7-10H2,1-4H3. The number of hydrogen-bond acceptors (Lipinski definition) is 2. The van der Waals surface area contributed by atoms with Crippen LogP contribution in [0.5, 0.6) is 0 Å². The van der Waals surface area contributed by atoms with E-state index in [-0.39, 0.29) is 6.04 Å². The van der Waals surface area contributed by atoms with E-state index in [2.05, 4.69) is 29.8 Å². The average molecular weight is 374 g/mol. The molecule has 1 aliphatic carbocycles. The minimum Gasteiger partial charge on any atom is -0.207 e. The van der Waals surface area contributed by atoms with Crippen molar-refractivity contribution in [1.82, 2.24) is 4.31 Å². The first-order valence-corrected chi connectivity index (χ1v) is 9.61. The lowest BCUT2D eigenvalue weighted by Gasteiger charge is -2.38. The van der Waals surface area contributed by atoms with E-state index in [9.17, 15) is 8.42 Å². The Morgan fingerprint density at radius 1 is 1.24 bits per heavy atom. The Balaban J connectivity index is 2.23. The molecule has 118 valence electrons. The van der Waals surface area contributed by atoms with E-state index in [0.29, 0.717) is 14.8 Å². The van der Waals surface area contributed by atoms with E-state index in [1.54, 1.807) is 17.4 Å². The number of sulfonamides is 1. The number of nitrogens with zero attached hydrogens (tertiary/aromatic N) is 1. The van der Waals surface area contributed by atoms with Gasteiger partial charge in [0.2, 0.25) is 10.0 Å². The molecule has 2 rings (SSSR count). The monoisotopic (exact) mass is 373 g/mol. The van der Waals surface area contributed by atoms with Gasteiger partial charge in [0.1, 0.15) is 0 Å². The molecule has 0 radical (unpaired) electrons. The third-order valence-corrected chi connectivity index (χ3v) is 7.45. The van der Waals surface area contributed by atoms with Gasteiger partial charge in [-0.25, -0.2) is 8.42 Å². The topological polar surface area (TPSA) is 37.4 Å². The zero-order valence-corrected chi connectivity index (χ0v) is 15.6. The normalized spacial score (nSPS) is 19.9. The van der Waals surface area contributed by atoms with Gasteiger partial charge in [-0.15, -0.1) is 0 Å². The van der Waals surface area contributed by atoms with E-state index in [0.717, 1.165) is 31.2 Å². The highest BCUT2D eigenvalue weighted by Gasteiger charge is 2.34. The summed E-state index contributed by atoms with van der Waals surface area (Å²) >= 11 is 3.39. The minimum absolute atomic E-state index is 0.108. The summed E-state index contributed by atoms with van der Waals surface area (Å²) in [6, 6.07) is 5.49. The van der Waals surface area contributed by atoms with Crippen LogP contribution >= 0.6 is 15.9 Å². The quantitative estimate of drug-likeness (QED) is 0.789. The molecule has 5 heteroatoms. The highest BCUT2D eigenvalue weighted by Crippen LogP contribution is 2.38. The molecule has 0 bridgehead atoms. The summed E-state index contributed by atoms with van der Waals surface area (Å²) in [5.74, 6) is 0. The second-order valence-corrected chi connectivity index (χ2v) is 9.67. The van der Waals surface area contributed by atoms with Gasteiger partial charge in [-0.05, 0) is 71.6 Å². The molecule has 0 N–H and O–H groups in total. The number of aryl methyl sites for hydroxylation is 1. The van der Waals surface area contributed by atoms with Crippen LogP contribution in [0, 0.1) is 12.3 Å². The molecule has 1 fully saturated rings. The molecule has 0 atom stereocenters. The molecule has 0 spiro atoms. The highest BCUT2D eigenvalue weighted by atomic mass is 79.9. The summed E-state index contributed by atoms with van der Waals surface area (Å²) in [5, 5.41) is 0. The van der Waals surface area contributed by atoms with Crippen LogP contribution in [0.2, 0.25) is 0 Å². The van der Waals surface area contributed by atoms with Gasteiger partial charge in [0.25, 0.3) is 0 Å². The first kappa shape index (κ1) is 17.0. The lowest BCUT2D eigenvalue weighted by Crippen LogP contribution is -2.40. The molecule has 0 amide bonds. The zero-order valence-electron chi connectivity index (χ0n) is 13.2. The van der Waals surface area contributed by atoms with Gasteiger partial charge in [0, 0.05) is 17.6 Å². The fraction of sp³-hybridized carbons (Fsp3) is 0.625. The van der Waals surface area contributed by atoms with Gasteiger partial charge in [0.15, 0.2) is 0 Å². The molecule has 0 heterocycles. The molecule has 1 saturated carbocycles. The fourth-order valence-corrected chi connectivity index (χ4v) is 5.48. The van der Waals surface area contributed by atoms with Crippen LogP contribution in [0.15, 0.2) is 27.6 Å². The van der Waals surface area contributed by atoms with Gasteiger partial charge >= 0.3 is 0 Å². The van der Waals surface area contributed by atoms with Crippen LogP contribution in [0.3, 0.4) is 0 Å². The van der Waals surface area contributed by atoms with E-state index < -0.39 is 10.0 Å². The zero-order chi connectivity index (χ0) is 15.8. The number of halogens is 1. The molecule has 1 aromatic rings. The number of benzene rings is 1. The second kappa shape index (κ2) is 6.01. The van der Waals surface area contributed by atoms with E-state index >= 15 is 0 Å². The van der Waals surface area contributed by atoms with Crippen molar-refractivity contribution in [2.24, 2.45) is 5.41 Å². The molecule has 1 aliphatic rings. The Labute approximate surface area is 136 Å². The summed E-state index contributed by atoms with van der Waals surface area (Å²) in [4.78, 5) is 0.362. The van der Waals surface area contributed by atoms with Crippen LogP contribution in [-0.2, 0) is 10.0 Å². The average Bonchev–Trinajstić information content (AvgIpc) is 2.37. The molecular weight excluding hydrogens is 350 g/mol. The van der Waals surface area contributed by atoms with Gasteiger partial charge in [0.05, 0.1) is 4.90 Å². The van der Waals surface area contributed by atoms with Crippen LogP contribution < -0.4 is 0 Å². The van der Waals surface area contributed by atoms with Crippen molar-refractivity contribution in [2.75, 3.05) is 7.05 Å². The molecule has 0 saturated heterocycles. The summed E-state index contributed by atoms with van der Waals surface area (Å²) in [5.41, 5.74) is 1.38. The van der Waals surface area contributed by atoms with Crippen molar-refractivity contribution in [3.63, 3.8) is 0 Å². The van der Waals surface area contributed by atoms with Crippen molar-refractivity contribution < 1.29 is 8.42 Å². The molecular formula is C16H24BrNO2S. The Morgan fingerprint density at radius 3 is 2.33 bits per heavy atom. The Bertz CT molecular complexity index is 615. The van der Waals surface area contributed by atoms with E-state index in [4.69, 9.17) is 0 Å². The first-order valence-electron chi connectivity index (χ1n) is 7.38.